The lowest BCUT2D eigenvalue weighted by atomic mass is 10.1. The first-order valence-electron chi connectivity index (χ1n) is 12.9. The second-order valence-corrected chi connectivity index (χ2v) is 12.7. The number of benzene rings is 3. The second-order valence-electron chi connectivity index (χ2n) is 9.39. The van der Waals surface area contributed by atoms with Crippen molar-refractivity contribution in [3.05, 3.63) is 113 Å². The number of rotatable bonds is 10. The van der Waals surface area contributed by atoms with Gasteiger partial charge < -0.3 is 15.4 Å². The highest BCUT2D eigenvalue weighted by molar-refractivity contribution is 7.91. The highest BCUT2D eigenvalue weighted by Crippen LogP contribution is 2.27. The Hall–Kier alpha value is -3.50. The van der Waals surface area contributed by atoms with Crippen molar-refractivity contribution in [1.29, 1.82) is 0 Å². The van der Waals surface area contributed by atoms with Crippen LogP contribution in [0.2, 0.25) is 0 Å². The predicted octanol–water partition coefficient (Wildman–Crippen LogP) is 5.41. The number of nitrogens with zero attached hydrogens (tertiary/aromatic N) is 1. The van der Waals surface area contributed by atoms with Gasteiger partial charge in [-0.15, -0.1) is 11.3 Å². The van der Waals surface area contributed by atoms with Crippen molar-refractivity contribution in [3.63, 3.8) is 0 Å². The van der Waals surface area contributed by atoms with Crippen molar-refractivity contribution < 1.29 is 17.9 Å². The minimum absolute atomic E-state index is 0.181. The molecule has 9 heteroatoms. The Kier molecular flexibility index (Phi) is 8.73. The third kappa shape index (κ3) is 7.13. The van der Waals surface area contributed by atoms with E-state index >= 15 is 0 Å². The number of ether oxygens (including phenoxy) is 1. The van der Waals surface area contributed by atoms with Gasteiger partial charge in [0.15, 0.2) is 0 Å². The van der Waals surface area contributed by atoms with Gasteiger partial charge in [0, 0.05) is 36.1 Å². The number of piperidine rings is 1. The largest absolute Gasteiger partial charge is 0.457 e. The molecular formula is C30H31N3O4S2. The van der Waals surface area contributed by atoms with E-state index in [1.807, 2.05) is 72.8 Å². The van der Waals surface area contributed by atoms with Gasteiger partial charge in [-0.1, -0.05) is 48.5 Å². The molecule has 0 radical (unpaired) electrons. The van der Waals surface area contributed by atoms with Crippen LogP contribution in [-0.4, -0.2) is 37.8 Å². The molecule has 2 heterocycles. The van der Waals surface area contributed by atoms with Crippen molar-refractivity contribution in [2.45, 2.75) is 36.2 Å². The zero-order chi connectivity index (χ0) is 27.1. The number of carbonyl (C=O) groups is 1. The minimum Gasteiger partial charge on any atom is -0.457 e. The van der Waals surface area contributed by atoms with E-state index in [2.05, 4.69) is 10.6 Å². The van der Waals surface area contributed by atoms with Crippen LogP contribution in [0.15, 0.2) is 101 Å². The first-order chi connectivity index (χ1) is 19.0. The van der Waals surface area contributed by atoms with Gasteiger partial charge in [0.05, 0.1) is 6.54 Å². The van der Waals surface area contributed by atoms with Crippen LogP contribution in [0, 0.1) is 0 Å². The van der Waals surface area contributed by atoms with Crippen molar-refractivity contribution in [2.24, 2.45) is 0 Å². The van der Waals surface area contributed by atoms with E-state index < -0.39 is 10.0 Å². The smallest absolute Gasteiger partial charge is 0.252 e. The fraction of sp³-hybridized carbons (Fsp3) is 0.233. The van der Waals surface area contributed by atoms with Gasteiger partial charge in [-0.25, -0.2) is 8.42 Å². The fourth-order valence-electron chi connectivity index (χ4n) is 4.44. The lowest BCUT2D eigenvalue weighted by molar-refractivity contribution is 0.0951. The molecule has 0 atom stereocenters. The summed E-state index contributed by atoms with van der Waals surface area (Å²) >= 11 is 1.21. The Bertz CT molecular complexity index is 1470. The monoisotopic (exact) mass is 561 g/mol. The molecule has 0 unspecified atom stereocenters. The van der Waals surface area contributed by atoms with Crippen LogP contribution in [0.3, 0.4) is 0 Å². The third-order valence-corrected chi connectivity index (χ3v) is 10.1. The summed E-state index contributed by atoms with van der Waals surface area (Å²) in [5, 5.41) is 6.42. The molecule has 0 bridgehead atoms. The molecule has 5 rings (SSSR count). The molecule has 202 valence electrons. The van der Waals surface area contributed by atoms with Crippen molar-refractivity contribution in [2.75, 3.05) is 13.1 Å². The van der Waals surface area contributed by atoms with Crippen molar-refractivity contribution >= 4 is 27.3 Å². The molecule has 2 N–H and O–H groups in total. The molecular weight excluding hydrogens is 530 g/mol. The summed E-state index contributed by atoms with van der Waals surface area (Å²) in [4.78, 5) is 13.1. The third-order valence-electron chi connectivity index (χ3n) is 6.64. The fourth-order valence-corrected chi connectivity index (χ4v) is 7.36. The second kappa shape index (κ2) is 12.6. The molecule has 3 aromatic carbocycles. The summed E-state index contributed by atoms with van der Waals surface area (Å²) in [6.07, 6.45) is 1.50. The van der Waals surface area contributed by atoms with Crippen LogP contribution in [-0.2, 0) is 23.1 Å². The zero-order valence-electron chi connectivity index (χ0n) is 21.5. The number of sulfonamides is 1. The number of carbonyl (C=O) groups excluding carboxylic acids is 1. The lowest BCUT2D eigenvalue weighted by Gasteiger charge is -2.31. The van der Waals surface area contributed by atoms with Crippen molar-refractivity contribution in [1.82, 2.24) is 14.9 Å². The highest BCUT2D eigenvalue weighted by atomic mass is 32.2. The molecule has 1 aliphatic rings. The number of hydrogen-bond donors (Lipinski definition) is 2. The van der Waals surface area contributed by atoms with E-state index in [1.54, 1.807) is 28.6 Å². The van der Waals surface area contributed by atoms with E-state index in [9.17, 15) is 13.2 Å². The van der Waals surface area contributed by atoms with Crippen LogP contribution in [0.25, 0.3) is 0 Å². The molecule has 1 aromatic heterocycles. The van der Waals surface area contributed by atoms with E-state index in [-0.39, 0.29) is 11.9 Å². The summed E-state index contributed by atoms with van der Waals surface area (Å²) in [5.74, 6) is 1.41. The van der Waals surface area contributed by atoms with Crippen LogP contribution in [0.5, 0.6) is 11.5 Å². The van der Waals surface area contributed by atoms with Gasteiger partial charge in [-0.3, -0.25) is 4.79 Å². The average Bonchev–Trinajstić information content (AvgIpc) is 3.47. The number of amides is 1. The molecule has 39 heavy (non-hydrogen) atoms. The maximum absolute atomic E-state index is 13.2. The van der Waals surface area contributed by atoms with E-state index in [0.717, 1.165) is 34.8 Å². The molecule has 4 aromatic rings. The lowest BCUT2D eigenvalue weighted by Crippen LogP contribution is -2.44. The van der Waals surface area contributed by atoms with Gasteiger partial charge in [0.1, 0.15) is 15.7 Å². The highest BCUT2D eigenvalue weighted by Gasteiger charge is 2.30. The molecule has 1 amide bonds. The molecule has 1 aliphatic heterocycles. The summed E-state index contributed by atoms with van der Waals surface area (Å²) < 4.78 is 34.2. The Morgan fingerprint density at radius 3 is 2.15 bits per heavy atom. The summed E-state index contributed by atoms with van der Waals surface area (Å²) in [6, 6.07) is 30.3. The zero-order valence-corrected chi connectivity index (χ0v) is 23.1. The molecule has 0 saturated carbocycles. The van der Waals surface area contributed by atoms with Gasteiger partial charge in [-0.05, 0) is 66.9 Å². The van der Waals surface area contributed by atoms with E-state index in [1.165, 1.54) is 11.3 Å². The first-order valence-corrected chi connectivity index (χ1v) is 15.2. The average molecular weight is 562 g/mol. The Morgan fingerprint density at radius 2 is 1.46 bits per heavy atom. The maximum Gasteiger partial charge on any atom is 0.252 e. The minimum atomic E-state index is -3.56. The molecule has 0 spiro atoms. The van der Waals surface area contributed by atoms with Crippen LogP contribution in [0.1, 0.15) is 33.6 Å². The predicted molar refractivity (Wildman–Crippen MR) is 154 cm³/mol. The maximum atomic E-state index is 13.2. The Labute approximate surface area is 233 Å². The number of thiophene rings is 1. The Morgan fingerprint density at radius 1 is 0.821 bits per heavy atom. The standard InChI is InChI=1S/C30H31N3O4S2/c34-30(24-7-3-1-4-8-24)32-22-28-15-16-29(38-28)39(35,36)33-19-17-25(18-20-33)31-21-23-11-13-27(14-12-23)37-26-9-5-2-6-10-26/h1-16,25,31H,17-22H2,(H,32,34). The Balaban J connectivity index is 1.07. The van der Waals surface area contributed by atoms with Crippen LogP contribution >= 0.6 is 11.3 Å². The summed E-state index contributed by atoms with van der Waals surface area (Å²) in [7, 11) is -3.56. The van der Waals surface area contributed by atoms with Crippen LogP contribution < -0.4 is 15.4 Å². The molecule has 0 aliphatic carbocycles. The van der Waals surface area contributed by atoms with Gasteiger partial charge in [-0.2, -0.15) is 4.31 Å². The SMILES string of the molecule is O=C(NCc1ccc(S(=O)(=O)N2CCC(NCc3ccc(Oc4ccccc4)cc3)CC2)s1)c1ccccc1. The summed E-state index contributed by atoms with van der Waals surface area (Å²) in [6.45, 7) is 1.95. The number of para-hydroxylation sites is 1. The van der Waals surface area contributed by atoms with E-state index in [0.29, 0.717) is 36.0 Å². The normalized spacial score (nSPS) is 14.7. The molecule has 7 nitrogen and oxygen atoms in total. The molecule has 1 saturated heterocycles. The first kappa shape index (κ1) is 27.1. The number of hydrogen-bond acceptors (Lipinski definition) is 6. The van der Waals surface area contributed by atoms with Gasteiger partial charge >= 0.3 is 0 Å². The van der Waals surface area contributed by atoms with Crippen LogP contribution in [0.4, 0.5) is 0 Å². The van der Waals surface area contributed by atoms with Gasteiger partial charge in [0.25, 0.3) is 15.9 Å². The number of nitrogens with one attached hydrogen (secondary N) is 2. The van der Waals surface area contributed by atoms with Crippen molar-refractivity contribution in [3.8, 4) is 11.5 Å². The summed E-state index contributed by atoms with van der Waals surface area (Å²) in [5.41, 5.74) is 1.73. The van der Waals surface area contributed by atoms with E-state index in [4.69, 9.17) is 4.74 Å². The molecule has 1 fully saturated rings. The quantitative estimate of drug-likeness (QED) is 0.270. The van der Waals surface area contributed by atoms with Gasteiger partial charge in [0.2, 0.25) is 0 Å². The topological polar surface area (TPSA) is 87.7 Å².